The predicted octanol–water partition coefficient (Wildman–Crippen LogP) is 4.68. The highest BCUT2D eigenvalue weighted by molar-refractivity contribution is 6.30. The summed E-state index contributed by atoms with van der Waals surface area (Å²) in [5, 5.41) is 15.5. The molecule has 0 unspecified atom stereocenters. The molecule has 1 fully saturated rings. The Morgan fingerprint density at radius 1 is 0.862 bits per heavy atom. The summed E-state index contributed by atoms with van der Waals surface area (Å²) in [6, 6.07) is 22.0. The number of hydrogen-bond donors (Lipinski definition) is 1. The smallest absolute Gasteiger partial charge is 0.158 e. The first kappa shape index (κ1) is 18.2. The summed E-state index contributed by atoms with van der Waals surface area (Å²) in [5.74, 6) is 1.00. The normalized spacial score (nSPS) is 15.2. The summed E-state index contributed by atoms with van der Waals surface area (Å²) < 4.78 is 1.91. The molecule has 146 valence electrons. The second kappa shape index (κ2) is 7.50. The Bertz CT molecular complexity index is 1130. The summed E-state index contributed by atoms with van der Waals surface area (Å²) >= 11 is 6.04. The number of halogens is 1. The molecule has 2 aromatic heterocycles. The molecule has 0 spiro atoms. The molecule has 2 aromatic carbocycles. The van der Waals surface area contributed by atoms with Crippen LogP contribution in [0.2, 0.25) is 5.02 Å². The van der Waals surface area contributed by atoms with Gasteiger partial charge in [-0.3, -0.25) is 0 Å². The molecule has 0 saturated carbocycles. The summed E-state index contributed by atoms with van der Waals surface area (Å²) in [6.07, 6.45) is 1.30. The van der Waals surface area contributed by atoms with Crippen molar-refractivity contribution in [3.8, 4) is 22.5 Å². The minimum atomic E-state index is -0.223. The number of hydrogen-bond acceptors (Lipinski definition) is 4. The molecule has 6 heteroatoms. The number of rotatable bonds is 3. The van der Waals surface area contributed by atoms with Crippen LogP contribution in [0.3, 0.4) is 0 Å². The summed E-state index contributed by atoms with van der Waals surface area (Å²) in [4.78, 5) is 7.16. The fraction of sp³-hybridized carbons (Fsp3) is 0.217. The van der Waals surface area contributed by atoms with Crippen molar-refractivity contribution in [3.63, 3.8) is 0 Å². The van der Waals surface area contributed by atoms with Crippen molar-refractivity contribution in [1.82, 2.24) is 14.6 Å². The van der Waals surface area contributed by atoms with E-state index in [1.807, 2.05) is 53.0 Å². The highest BCUT2D eigenvalue weighted by atomic mass is 35.5. The summed E-state index contributed by atoms with van der Waals surface area (Å²) in [6.45, 7) is 1.59. The molecule has 29 heavy (non-hydrogen) atoms. The number of aliphatic hydroxyl groups is 1. The topological polar surface area (TPSA) is 53.7 Å². The van der Waals surface area contributed by atoms with E-state index in [1.54, 1.807) is 0 Å². The Morgan fingerprint density at radius 3 is 2.28 bits per heavy atom. The lowest BCUT2D eigenvalue weighted by atomic mass is 10.1. The molecule has 1 N–H and O–H groups in total. The van der Waals surface area contributed by atoms with Crippen LogP contribution in [-0.4, -0.2) is 38.9 Å². The number of benzene rings is 2. The monoisotopic (exact) mass is 404 g/mol. The number of aromatic nitrogens is 3. The molecule has 1 aliphatic rings. The fourth-order valence-electron chi connectivity index (χ4n) is 3.80. The van der Waals surface area contributed by atoms with Gasteiger partial charge in [-0.1, -0.05) is 54.1 Å². The Hall–Kier alpha value is -2.89. The number of nitrogens with zero attached hydrogens (tertiary/aromatic N) is 4. The maximum absolute atomic E-state index is 9.92. The average Bonchev–Trinajstić information content (AvgIpc) is 3.19. The average molecular weight is 405 g/mol. The first-order chi connectivity index (χ1) is 14.2. The summed E-state index contributed by atoms with van der Waals surface area (Å²) in [7, 11) is 0. The van der Waals surface area contributed by atoms with Crippen molar-refractivity contribution < 1.29 is 5.11 Å². The van der Waals surface area contributed by atoms with E-state index in [1.165, 1.54) is 0 Å². The van der Waals surface area contributed by atoms with E-state index in [9.17, 15) is 5.11 Å². The lowest BCUT2D eigenvalue weighted by Gasteiger charge is -2.31. The molecule has 0 aliphatic carbocycles. The largest absolute Gasteiger partial charge is 0.393 e. The van der Waals surface area contributed by atoms with Gasteiger partial charge in [0.05, 0.1) is 17.5 Å². The van der Waals surface area contributed by atoms with Crippen LogP contribution in [0.15, 0.2) is 66.7 Å². The Labute approximate surface area is 174 Å². The van der Waals surface area contributed by atoms with E-state index in [-0.39, 0.29) is 6.10 Å². The zero-order valence-electron chi connectivity index (χ0n) is 15.9. The van der Waals surface area contributed by atoms with Crippen molar-refractivity contribution in [2.45, 2.75) is 18.9 Å². The molecule has 5 rings (SSSR count). The molecular formula is C23H21ClN4O. The van der Waals surface area contributed by atoms with Gasteiger partial charge in [0.1, 0.15) is 5.82 Å². The van der Waals surface area contributed by atoms with Crippen LogP contribution in [0.5, 0.6) is 0 Å². The first-order valence-corrected chi connectivity index (χ1v) is 10.2. The minimum Gasteiger partial charge on any atom is -0.393 e. The van der Waals surface area contributed by atoms with Gasteiger partial charge in [0.25, 0.3) is 0 Å². The SMILES string of the molecule is OC1CCN(c2cc(-c3ccccc3)nc3cc(-c4ccc(Cl)cc4)nn23)CC1. The molecule has 0 amide bonds. The number of aliphatic hydroxyl groups excluding tert-OH is 1. The molecule has 3 heterocycles. The number of piperidine rings is 1. The van der Waals surface area contributed by atoms with Gasteiger partial charge in [0.2, 0.25) is 0 Å². The van der Waals surface area contributed by atoms with Gasteiger partial charge in [0.15, 0.2) is 5.65 Å². The van der Waals surface area contributed by atoms with Crippen molar-refractivity contribution in [2.75, 3.05) is 18.0 Å². The third kappa shape index (κ3) is 3.59. The molecular weight excluding hydrogens is 384 g/mol. The van der Waals surface area contributed by atoms with Crippen molar-refractivity contribution in [1.29, 1.82) is 0 Å². The Balaban J connectivity index is 1.65. The molecule has 1 aliphatic heterocycles. The van der Waals surface area contributed by atoms with E-state index < -0.39 is 0 Å². The molecule has 5 nitrogen and oxygen atoms in total. The predicted molar refractivity (Wildman–Crippen MR) is 116 cm³/mol. The molecule has 0 bridgehead atoms. The van der Waals surface area contributed by atoms with Crippen molar-refractivity contribution in [2.24, 2.45) is 0 Å². The van der Waals surface area contributed by atoms with Crippen molar-refractivity contribution >= 4 is 23.1 Å². The highest BCUT2D eigenvalue weighted by Gasteiger charge is 2.21. The highest BCUT2D eigenvalue weighted by Crippen LogP contribution is 2.29. The van der Waals surface area contributed by atoms with Crippen LogP contribution in [0.1, 0.15) is 12.8 Å². The maximum atomic E-state index is 9.92. The van der Waals surface area contributed by atoms with E-state index >= 15 is 0 Å². The van der Waals surface area contributed by atoms with Gasteiger partial charge < -0.3 is 10.0 Å². The van der Waals surface area contributed by atoms with E-state index in [2.05, 4.69) is 23.1 Å². The molecule has 1 saturated heterocycles. The van der Waals surface area contributed by atoms with Gasteiger partial charge >= 0.3 is 0 Å². The van der Waals surface area contributed by atoms with Crippen LogP contribution >= 0.6 is 11.6 Å². The van der Waals surface area contributed by atoms with Gasteiger partial charge in [-0.2, -0.15) is 9.61 Å². The van der Waals surface area contributed by atoms with Gasteiger partial charge in [0, 0.05) is 41.4 Å². The molecule has 4 aromatic rings. The van der Waals surface area contributed by atoms with Crippen LogP contribution in [-0.2, 0) is 0 Å². The molecule has 0 atom stereocenters. The Morgan fingerprint density at radius 2 is 1.55 bits per heavy atom. The third-order valence-corrected chi connectivity index (χ3v) is 5.66. The first-order valence-electron chi connectivity index (χ1n) is 9.82. The van der Waals surface area contributed by atoms with Gasteiger partial charge in [-0.15, -0.1) is 0 Å². The van der Waals surface area contributed by atoms with Crippen LogP contribution < -0.4 is 4.90 Å². The Kier molecular flexibility index (Phi) is 4.70. The van der Waals surface area contributed by atoms with E-state index in [0.29, 0.717) is 5.02 Å². The quantitative estimate of drug-likeness (QED) is 0.538. The van der Waals surface area contributed by atoms with Crippen molar-refractivity contribution in [3.05, 3.63) is 71.8 Å². The lowest BCUT2D eigenvalue weighted by Crippen LogP contribution is -2.37. The zero-order chi connectivity index (χ0) is 19.8. The van der Waals surface area contributed by atoms with Crippen LogP contribution in [0.25, 0.3) is 28.2 Å². The van der Waals surface area contributed by atoms with Gasteiger partial charge in [-0.05, 0) is 25.0 Å². The second-order valence-corrected chi connectivity index (χ2v) is 7.83. The second-order valence-electron chi connectivity index (χ2n) is 7.39. The standard InChI is InChI=1S/C23H21ClN4O/c24-18-8-6-17(7-9-18)21-14-22-25-20(16-4-2-1-3-5-16)15-23(28(22)26-21)27-12-10-19(29)11-13-27/h1-9,14-15,19,29H,10-13H2. The molecule has 0 radical (unpaired) electrons. The van der Waals surface area contributed by atoms with Crippen LogP contribution in [0, 0.1) is 0 Å². The third-order valence-electron chi connectivity index (χ3n) is 5.41. The van der Waals surface area contributed by atoms with E-state index in [0.717, 1.165) is 59.9 Å². The number of fused-ring (bicyclic) bond motifs is 1. The minimum absolute atomic E-state index is 0.223. The summed E-state index contributed by atoms with van der Waals surface area (Å²) in [5.41, 5.74) is 4.65. The fourth-order valence-corrected chi connectivity index (χ4v) is 3.92. The van der Waals surface area contributed by atoms with Crippen LogP contribution in [0.4, 0.5) is 5.82 Å². The van der Waals surface area contributed by atoms with E-state index in [4.69, 9.17) is 21.7 Å². The zero-order valence-corrected chi connectivity index (χ0v) is 16.6. The van der Waals surface area contributed by atoms with Gasteiger partial charge in [-0.25, -0.2) is 4.98 Å². The maximum Gasteiger partial charge on any atom is 0.158 e. The lowest BCUT2D eigenvalue weighted by molar-refractivity contribution is 0.145. The number of anilines is 1.